The maximum atomic E-state index is 10.4. The third-order valence-corrected chi connectivity index (χ3v) is 3.09. The van der Waals surface area contributed by atoms with Crippen molar-refractivity contribution in [3.05, 3.63) is 59.7 Å². The monoisotopic (exact) mass is 250 g/mol. The third kappa shape index (κ3) is 2.80. The van der Waals surface area contributed by atoms with Gasteiger partial charge in [-0.25, -0.2) is 0 Å². The van der Waals surface area contributed by atoms with E-state index < -0.39 is 0 Å². The molecule has 0 saturated carbocycles. The van der Waals surface area contributed by atoms with Gasteiger partial charge in [0.05, 0.1) is 17.7 Å². The molecule has 0 bridgehead atoms. The van der Waals surface area contributed by atoms with Gasteiger partial charge in [-0.1, -0.05) is 42.5 Å². The van der Waals surface area contributed by atoms with Crippen molar-refractivity contribution in [3.63, 3.8) is 0 Å². The zero-order valence-corrected chi connectivity index (χ0v) is 10.6. The number of rotatable bonds is 4. The van der Waals surface area contributed by atoms with Crippen molar-refractivity contribution >= 4 is 6.41 Å². The fraction of sp³-hybridized carbons (Fsp3) is 0.125. The van der Waals surface area contributed by atoms with Crippen LogP contribution < -0.4 is 5.32 Å². The Balaban J connectivity index is 2.33. The summed E-state index contributed by atoms with van der Waals surface area (Å²) in [6, 6.07) is 17.5. The largest absolute Gasteiger partial charge is 0.352 e. The second-order valence-corrected chi connectivity index (χ2v) is 4.29. The summed E-state index contributed by atoms with van der Waals surface area (Å²) in [7, 11) is 0. The number of benzene rings is 2. The molecule has 2 rings (SSSR count). The molecule has 19 heavy (non-hydrogen) atoms. The summed E-state index contributed by atoms with van der Waals surface area (Å²) >= 11 is 0. The quantitative estimate of drug-likeness (QED) is 0.848. The summed E-state index contributed by atoms with van der Waals surface area (Å²) in [6.45, 7) is 1.92. The lowest BCUT2D eigenvalue weighted by molar-refractivity contribution is -0.110. The Hall–Kier alpha value is -2.60. The van der Waals surface area contributed by atoms with E-state index in [2.05, 4.69) is 11.4 Å². The maximum absolute atomic E-state index is 10.4. The first-order chi connectivity index (χ1) is 9.26. The van der Waals surface area contributed by atoms with E-state index in [-0.39, 0.29) is 6.04 Å². The minimum atomic E-state index is -0.0160. The maximum Gasteiger partial charge on any atom is 0.207 e. The summed E-state index contributed by atoms with van der Waals surface area (Å²) in [5, 5.41) is 11.8. The Morgan fingerprint density at radius 3 is 2.47 bits per heavy atom. The van der Waals surface area contributed by atoms with Gasteiger partial charge in [-0.2, -0.15) is 5.26 Å². The first-order valence-corrected chi connectivity index (χ1v) is 6.05. The summed E-state index contributed by atoms with van der Waals surface area (Å²) in [4.78, 5) is 10.4. The molecule has 0 aromatic heterocycles. The van der Waals surface area contributed by atoms with Crippen molar-refractivity contribution in [2.24, 2.45) is 0 Å². The fourth-order valence-corrected chi connectivity index (χ4v) is 1.98. The number of nitrogens with zero attached hydrogens (tertiary/aromatic N) is 1. The van der Waals surface area contributed by atoms with Gasteiger partial charge >= 0.3 is 0 Å². The van der Waals surface area contributed by atoms with Gasteiger partial charge in [0.1, 0.15) is 0 Å². The predicted octanol–water partition coefficient (Wildman–Crippen LogP) is 3.03. The van der Waals surface area contributed by atoms with E-state index in [0.717, 1.165) is 16.7 Å². The molecule has 2 aromatic rings. The van der Waals surface area contributed by atoms with Crippen LogP contribution in [-0.4, -0.2) is 6.41 Å². The number of hydrogen-bond acceptors (Lipinski definition) is 2. The molecule has 0 aliphatic heterocycles. The first-order valence-electron chi connectivity index (χ1n) is 6.05. The first kappa shape index (κ1) is 12.8. The third-order valence-electron chi connectivity index (χ3n) is 3.09. The molecule has 94 valence electrons. The van der Waals surface area contributed by atoms with Crippen molar-refractivity contribution in [2.75, 3.05) is 0 Å². The van der Waals surface area contributed by atoms with Crippen LogP contribution in [0.2, 0.25) is 0 Å². The molecule has 0 radical (unpaired) electrons. The number of carbonyl (C=O) groups is 1. The Labute approximate surface area is 112 Å². The SMILES string of the molecule is CC(NC=O)c1ccc(-c2ccccc2C#N)cc1. The van der Waals surface area contributed by atoms with Crippen LogP contribution in [0.1, 0.15) is 24.1 Å². The van der Waals surface area contributed by atoms with Crippen LogP contribution in [0.15, 0.2) is 48.5 Å². The summed E-state index contributed by atoms with van der Waals surface area (Å²) in [5.74, 6) is 0. The molecular formula is C16H14N2O. The van der Waals surface area contributed by atoms with Gasteiger partial charge in [0, 0.05) is 0 Å². The lowest BCUT2D eigenvalue weighted by Crippen LogP contribution is -2.15. The van der Waals surface area contributed by atoms with Crippen LogP contribution in [0.5, 0.6) is 0 Å². The van der Waals surface area contributed by atoms with Crippen LogP contribution >= 0.6 is 0 Å². The van der Waals surface area contributed by atoms with Crippen LogP contribution in [0.4, 0.5) is 0 Å². The van der Waals surface area contributed by atoms with Crippen molar-refractivity contribution < 1.29 is 4.79 Å². The highest BCUT2D eigenvalue weighted by molar-refractivity contribution is 5.70. The summed E-state index contributed by atoms with van der Waals surface area (Å²) in [6.07, 6.45) is 0.698. The van der Waals surface area contributed by atoms with Crippen LogP contribution in [0, 0.1) is 11.3 Å². The van der Waals surface area contributed by atoms with E-state index in [1.54, 1.807) is 6.07 Å². The number of hydrogen-bond donors (Lipinski definition) is 1. The molecule has 3 nitrogen and oxygen atoms in total. The molecule has 0 fully saturated rings. The van der Waals surface area contributed by atoms with Crippen LogP contribution in [-0.2, 0) is 4.79 Å². The number of nitriles is 1. The normalized spacial score (nSPS) is 11.4. The number of nitrogens with one attached hydrogen (secondary N) is 1. The summed E-state index contributed by atoms with van der Waals surface area (Å²) < 4.78 is 0. The van der Waals surface area contributed by atoms with Gasteiger partial charge in [-0.05, 0) is 29.7 Å². The number of amides is 1. The second kappa shape index (κ2) is 5.83. The van der Waals surface area contributed by atoms with Gasteiger partial charge in [0.15, 0.2) is 0 Å². The average Bonchev–Trinajstić information content (AvgIpc) is 2.47. The zero-order valence-electron chi connectivity index (χ0n) is 10.6. The Bertz CT molecular complexity index is 611. The molecule has 2 aromatic carbocycles. The molecule has 1 atom stereocenters. The Morgan fingerprint density at radius 1 is 1.16 bits per heavy atom. The topological polar surface area (TPSA) is 52.9 Å². The van der Waals surface area contributed by atoms with Gasteiger partial charge in [0.2, 0.25) is 6.41 Å². The van der Waals surface area contributed by atoms with E-state index >= 15 is 0 Å². The lowest BCUT2D eigenvalue weighted by atomic mass is 9.98. The molecule has 0 heterocycles. The minimum Gasteiger partial charge on any atom is -0.352 e. The van der Waals surface area contributed by atoms with Crippen molar-refractivity contribution in [1.82, 2.24) is 5.32 Å². The zero-order chi connectivity index (χ0) is 13.7. The van der Waals surface area contributed by atoms with Crippen molar-refractivity contribution in [3.8, 4) is 17.2 Å². The van der Waals surface area contributed by atoms with E-state index in [9.17, 15) is 4.79 Å². The highest BCUT2D eigenvalue weighted by atomic mass is 16.1. The molecular weight excluding hydrogens is 236 g/mol. The van der Waals surface area contributed by atoms with Crippen molar-refractivity contribution in [1.29, 1.82) is 5.26 Å². The van der Waals surface area contributed by atoms with Gasteiger partial charge in [-0.15, -0.1) is 0 Å². The van der Waals surface area contributed by atoms with Crippen molar-refractivity contribution in [2.45, 2.75) is 13.0 Å². The molecule has 0 saturated heterocycles. The Kier molecular flexibility index (Phi) is 3.94. The predicted molar refractivity (Wildman–Crippen MR) is 74.2 cm³/mol. The molecule has 0 aliphatic rings. The molecule has 0 spiro atoms. The van der Waals surface area contributed by atoms with E-state index in [4.69, 9.17) is 5.26 Å². The van der Waals surface area contributed by atoms with Crippen LogP contribution in [0.25, 0.3) is 11.1 Å². The van der Waals surface area contributed by atoms with E-state index in [1.807, 2.05) is 49.4 Å². The minimum absolute atomic E-state index is 0.0160. The molecule has 1 amide bonds. The highest BCUT2D eigenvalue weighted by Gasteiger charge is 2.06. The standard InChI is InChI=1S/C16H14N2O/c1-12(18-11-19)13-6-8-14(9-7-13)16-5-3-2-4-15(16)10-17/h2-9,11-12H,1H3,(H,18,19). The van der Waals surface area contributed by atoms with E-state index in [0.29, 0.717) is 12.0 Å². The summed E-state index contributed by atoms with van der Waals surface area (Å²) in [5.41, 5.74) is 3.62. The van der Waals surface area contributed by atoms with E-state index in [1.165, 1.54) is 0 Å². The van der Waals surface area contributed by atoms with Gasteiger partial charge < -0.3 is 5.32 Å². The average molecular weight is 250 g/mol. The Morgan fingerprint density at radius 2 is 1.84 bits per heavy atom. The number of carbonyl (C=O) groups excluding carboxylic acids is 1. The molecule has 1 unspecified atom stereocenters. The van der Waals surface area contributed by atoms with Gasteiger partial charge in [0.25, 0.3) is 0 Å². The second-order valence-electron chi connectivity index (χ2n) is 4.29. The smallest absolute Gasteiger partial charge is 0.207 e. The highest BCUT2D eigenvalue weighted by Crippen LogP contribution is 2.24. The fourth-order valence-electron chi connectivity index (χ4n) is 1.98. The molecule has 0 aliphatic carbocycles. The molecule has 1 N–H and O–H groups in total. The van der Waals surface area contributed by atoms with Crippen LogP contribution in [0.3, 0.4) is 0 Å². The van der Waals surface area contributed by atoms with Gasteiger partial charge in [-0.3, -0.25) is 4.79 Å². The molecule has 3 heteroatoms. The lowest BCUT2D eigenvalue weighted by Gasteiger charge is -2.11.